The Labute approximate surface area is 125 Å². The van der Waals surface area contributed by atoms with Crippen LogP contribution in [0.3, 0.4) is 0 Å². The molecule has 1 aliphatic carbocycles. The lowest BCUT2D eigenvalue weighted by Crippen LogP contribution is -2.32. The first-order valence-electron chi connectivity index (χ1n) is 7.34. The molecule has 0 radical (unpaired) electrons. The highest BCUT2D eigenvalue weighted by Crippen LogP contribution is 2.24. The first-order chi connectivity index (χ1) is 9.47. The van der Waals surface area contributed by atoms with Crippen molar-refractivity contribution in [3.63, 3.8) is 0 Å². The number of hydrogen-bond acceptors (Lipinski definition) is 3. The van der Waals surface area contributed by atoms with Gasteiger partial charge in [0.1, 0.15) is 0 Å². The molecule has 1 aromatic heterocycles. The van der Waals surface area contributed by atoms with Crippen molar-refractivity contribution in [2.45, 2.75) is 51.9 Å². The van der Waals surface area contributed by atoms with Gasteiger partial charge < -0.3 is 5.32 Å². The van der Waals surface area contributed by atoms with E-state index in [4.69, 9.17) is 0 Å². The van der Waals surface area contributed by atoms with Crippen molar-refractivity contribution in [2.75, 3.05) is 6.54 Å². The number of carbonyl (C=O) groups is 1. The summed E-state index contributed by atoms with van der Waals surface area (Å²) in [6, 6.07) is 0. The minimum absolute atomic E-state index is 0.104. The van der Waals surface area contributed by atoms with Crippen molar-refractivity contribution in [3.8, 4) is 0 Å². The van der Waals surface area contributed by atoms with Gasteiger partial charge in [-0.05, 0) is 19.3 Å². The van der Waals surface area contributed by atoms with Crippen LogP contribution in [-0.4, -0.2) is 17.4 Å². The number of allylic oxidation sites excluding steroid dienone is 2. The van der Waals surface area contributed by atoms with Gasteiger partial charge in [0.2, 0.25) is 5.91 Å². The third-order valence-electron chi connectivity index (χ3n) is 3.60. The van der Waals surface area contributed by atoms with Crippen molar-refractivity contribution in [3.05, 3.63) is 28.2 Å². The third kappa shape index (κ3) is 4.17. The number of amides is 1. The van der Waals surface area contributed by atoms with E-state index in [2.05, 4.69) is 48.6 Å². The second kappa shape index (κ2) is 6.53. The van der Waals surface area contributed by atoms with E-state index < -0.39 is 0 Å². The second-order valence-corrected chi connectivity index (χ2v) is 7.34. The van der Waals surface area contributed by atoms with E-state index in [0.717, 1.165) is 36.4 Å². The van der Waals surface area contributed by atoms with Gasteiger partial charge in [0.05, 0.1) is 10.7 Å². The van der Waals surface area contributed by atoms with Crippen molar-refractivity contribution in [1.29, 1.82) is 0 Å². The SMILES string of the molecule is CC(C)(C)c1csc(CCNC(=O)C2CC=CCC2)n1. The smallest absolute Gasteiger partial charge is 0.223 e. The lowest BCUT2D eigenvalue weighted by atomic mass is 9.93. The number of thiazole rings is 1. The molecule has 1 aliphatic rings. The fourth-order valence-corrected chi connectivity index (χ4v) is 3.26. The topological polar surface area (TPSA) is 42.0 Å². The molecule has 0 fully saturated rings. The zero-order valence-electron chi connectivity index (χ0n) is 12.6. The van der Waals surface area contributed by atoms with Crippen LogP contribution in [0.4, 0.5) is 0 Å². The first kappa shape index (κ1) is 15.2. The molecule has 1 amide bonds. The minimum atomic E-state index is 0.104. The molecule has 0 saturated heterocycles. The van der Waals surface area contributed by atoms with Crippen molar-refractivity contribution >= 4 is 17.2 Å². The highest BCUT2D eigenvalue weighted by atomic mass is 32.1. The van der Waals surface area contributed by atoms with E-state index in [1.54, 1.807) is 11.3 Å². The summed E-state index contributed by atoms with van der Waals surface area (Å²) < 4.78 is 0. The van der Waals surface area contributed by atoms with Crippen LogP contribution >= 0.6 is 11.3 Å². The van der Waals surface area contributed by atoms with Gasteiger partial charge in [-0.3, -0.25) is 4.79 Å². The Balaban J connectivity index is 1.77. The van der Waals surface area contributed by atoms with Gasteiger partial charge in [-0.1, -0.05) is 32.9 Å². The van der Waals surface area contributed by atoms with Crippen LogP contribution in [0.5, 0.6) is 0 Å². The van der Waals surface area contributed by atoms with E-state index in [-0.39, 0.29) is 17.2 Å². The molecule has 1 aromatic rings. The molecular weight excluding hydrogens is 268 g/mol. The summed E-state index contributed by atoms with van der Waals surface area (Å²) in [5.41, 5.74) is 1.24. The molecule has 0 spiro atoms. The molecule has 1 N–H and O–H groups in total. The predicted octanol–water partition coefficient (Wildman–Crippen LogP) is 3.46. The van der Waals surface area contributed by atoms with Gasteiger partial charge >= 0.3 is 0 Å². The summed E-state index contributed by atoms with van der Waals surface area (Å²) in [6.07, 6.45) is 8.00. The lowest BCUT2D eigenvalue weighted by Gasteiger charge is -2.17. The Morgan fingerprint density at radius 1 is 1.45 bits per heavy atom. The number of aromatic nitrogens is 1. The van der Waals surface area contributed by atoms with Gasteiger partial charge in [0, 0.05) is 29.7 Å². The van der Waals surface area contributed by atoms with Gasteiger partial charge in [0.25, 0.3) is 0 Å². The van der Waals surface area contributed by atoms with Gasteiger partial charge in [-0.25, -0.2) is 4.98 Å². The number of rotatable bonds is 4. The molecular formula is C16H24N2OS. The van der Waals surface area contributed by atoms with E-state index >= 15 is 0 Å². The van der Waals surface area contributed by atoms with Crippen LogP contribution in [0.1, 0.15) is 50.7 Å². The maximum atomic E-state index is 12.0. The Hall–Kier alpha value is -1.16. The van der Waals surface area contributed by atoms with E-state index in [0.29, 0.717) is 6.54 Å². The predicted molar refractivity (Wildman–Crippen MR) is 84.0 cm³/mol. The number of nitrogens with zero attached hydrogens (tertiary/aromatic N) is 1. The molecule has 0 aliphatic heterocycles. The number of nitrogens with one attached hydrogen (secondary N) is 1. The summed E-state index contributed by atoms with van der Waals surface area (Å²) in [5.74, 6) is 0.364. The van der Waals surface area contributed by atoms with Gasteiger partial charge in [-0.15, -0.1) is 11.3 Å². The Kier molecular flexibility index (Phi) is 4.97. The summed E-state index contributed by atoms with van der Waals surface area (Å²) in [7, 11) is 0. The lowest BCUT2D eigenvalue weighted by molar-refractivity contribution is -0.125. The van der Waals surface area contributed by atoms with E-state index in [1.165, 1.54) is 0 Å². The molecule has 20 heavy (non-hydrogen) atoms. The largest absolute Gasteiger partial charge is 0.355 e. The maximum Gasteiger partial charge on any atom is 0.223 e. The van der Waals surface area contributed by atoms with E-state index in [9.17, 15) is 4.79 Å². The fourth-order valence-electron chi connectivity index (χ4n) is 2.24. The molecule has 110 valence electrons. The molecule has 2 rings (SSSR count). The van der Waals surface area contributed by atoms with Crippen LogP contribution in [0.25, 0.3) is 0 Å². The Bertz CT molecular complexity index is 485. The molecule has 0 aromatic carbocycles. The summed E-state index contributed by atoms with van der Waals surface area (Å²) >= 11 is 1.69. The monoisotopic (exact) mass is 292 g/mol. The molecule has 1 unspecified atom stereocenters. The standard InChI is InChI=1S/C16H24N2OS/c1-16(2,3)13-11-20-14(18-13)9-10-17-15(19)12-7-5-4-6-8-12/h4-5,11-12H,6-10H2,1-3H3,(H,17,19). The molecule has 4 heteroatoms. The Morgan fingerprint density at radius 3 is 2.85 bits per heavy atom. The quantitative estimate of drug-likeness (QED) is 0.864. The number of hydrogen-bond donors (Lipinski definition) is 1. The molecule has 0 bridgehead atoms. The van der Waals surface area contributed by atoms with Crippen molar-refractivity contribution in [2.24, 2.45) is 5.92 Å². The van der Waals surface area contributed by atoms with Crippen LogP contribution < -0.4 is 5.32 Å². The minimum Gasteiger partial charge on any atom is -0.355 e. The molecule has 1 heterocycles. The zero-order valence-corrected chi connectivity index (χ0v) is 13.4. The highest BCUT2D eigenvalue weighted by molar-refractivity contribution is 7.09. The van der Waals surface area contributed by atoms with Gasteiger partial charge in [0.15, 0.2) is 0 Å². The fraction of sp³-hybridized carbons (Fsp3) is 0.625. The molecule has 3 nitrogen and oxygen atoms in total. The first-order valence-corrected chi connectivity index (χ1v) is 8.22. The average Bonchev–Trinajstić information content (AvgIpc) is 2.88. The zero-order chi connectivity index (χ0) is 14.6. The summed E-state index contributed by atoms with van der Waals surface area (Å²) in [4.78, 5) is 16.6. The number of carbonyl (C=O) groups excluding carboxylic acids is 1. The maximum absolute atomic E-state index is 12.0. The van der Waals surface area contributed by atoms with Crippen LogP contribution in [0.2, 0.25) is 0 Å². The normalized spacial score (nSPS) is 19.1. The van der Waals surface area contributed by atoms with Crippen molar-refractivity contribution < 1.29 is 4.79 Å². The Morgan fingerprint density at radius 2 is 2.25 bits per heavy atom. The highest BCUT2D eigenvalue weighted by Gasteiger charge is 2.19. The summed E-state index contributed by atoms with van der Waals surface area (Å²) in [6.45, 7) is 7.20. The van der Waals surface area contributed by atoms with Crippen LogP contribution in [-0.2, 0) is 16.6 Å². The summed E-state index contributed by atoms with van der Waals surface area (Å²) in [5, 5.41) is 6.28. The van der Waals surface area contributed by atoms with Crippen LogP contribution in [0.15, 0.2) is 17.5 Å². The van der Waals surface area contributed by atoms with Crippen molar-refractivity contribution in [1.82, 2.24) is 10.3 Å². The molecule has 0 saturated carbocycles. The third-order valence-corrected chi connectivity index (χ3v) is 4.51. The van der Waals surface area contributed by atoms with Crippen LogP contribution in [0, 0.1) is 5.92 Å². The average molecular weight is 292 g/mol. The van der Waals surface area contributed by atoms with Gasteiger partial charge in [-0.2, -0.15) is 0 Å². The molecule has 1 atom stereocenters. The van der Waals surface area contributed by atoms with E-state index in [1.807, 2.05) is 0 Å². The second-order valence-electron chi connectivity index (χ2n) is 6.40.